The third-order valence-corrected chi connectivity index (χ3v) is 7.38. The van der Waals surface area contributed by atoms with Crippen molar-refractivity contribution in [1.29, 1.82) is 0 Å². The van der Waals surface area contributed by atoms with Crippen LogP contribution in [0.3, 0.4) is 0 Å². The van der Waals surface area contributed by atoms with Crippen LogP contribution in [0.15, 0.2) is 29.1 Å². The lowest BCUT2D eigenvalue weighted by Gasteiger charge is -2.18. The fraction of sp³-hybridized carbons (Fsp3) is 0.435. The van der Waals surface area contributed by atoms with Crippen molar-refractivity contribution in [3.8, 4) is 0 Å². The molecule has 5 rings (SSSR count). The molecule has 1 amide bonds. The molecule has 2 aliphatic rings. The van der Waals surface area contributed by atoms with Crippen molar-refractivity contribution in [3.63, 3.8) is 0 Å². The summed E-state index contributed by atoms with van der Waals surface area (Å²) in [4.78, 5) is 36.6. The van der Waals surface area contributed by atoms with Gasteiger partial charge in [0.05, 0.1) is 11.4 Å². The maximum atomic E-state index is 12.8. The zero-order valence-electron chi connectivity index (χ0n) is 17.3. The second-order valence-electron chi connectivity index (χ2n) is 8.54. The standard InChI is InChI=1S/C23H26N4O2S/c1-13-5-10-17-18(12-13)30-23-20(17)22(29)25-21(26-23)14(2)24-15-6-8-16(9-7-15)27-11-3-4-19(27)28/h6-9,13-14,24H,3-5,10-12H2,1-2H3,(H,25,26,29)/t13-,14+/m1/s1. The highest BCUT2D eigenvalue weighted by molar-refractivity contribution is 7.18. The Balaban J connectivity index is 1.38. The molecule has 0 radical (unpaired) electrons. The quantitative estimate of drug-likeness (QED) is 0.653. The fourth-order valence-corrected chi connectivity index (χ4v) is 5.94. The average Bonchev–Trinajstić information content (AvgIpc) is 3.31. The molecule has 0 unspecified atom stereocenters. The van der Waals surface area contributed by atoms with Crippen LogP contribution in [-0.2, 0) is 17.6 Å². The predicted octanol–water partition coefficient (Wildman–Crippen LogP) is 4.41. The summed E-state index contributed by atoms with van der Waals surface area (Å²) < 4.78 is 0. The monoisotopic (exact) mass is 422 g/mol. The Morgan fingerprint density at radius 1 is 1.23 bits per heavy atom. The zero-order valence-corrected chi connectivity index (χ0v) is 18.1. The lowest BCUT2D eigenvalue weighted by Crippen LogP contribution is -2.23. The largest absolute Gasteiger partial charge is 0.375 e. The Morgan fingerprint density at radius 3 is 2.77 bits per heavy atom. The summed E-state index contributed by atoms with van der Waals surface area (Å²) in [7, 11) is 0. The van der Waals surface area contributed by atoms with Gasteiger partial charge in [-0.3, -0.25) is 9.59 Å². The van der Waals surface area contributed by atoms with E-state index in [-0.39, 0.29) is 17.5 Å². The van der Waals surface area contributed by atoms with Crippen molar-refractivity contribution in [2.24, 2.45) is 5.92 Å². The number of hydrogen-bond acceptors (Lipinski definition) is 5. The zero-order chi connectivity index (χ0) is 20.8. The smallest absolute Gasteiger partial charge is 0.259 e. The molecule has 0 bridgehead atoms. The SMILES string of the molecule is C[C@@H]1CCc2c(sc3nc([C@H](C)Nc4ccc(N5CCCC5=O)cc4)[nH]c(=O)c23)C1. The first-order valence-electron chi connectivity index (χ1n) is 10.7. The molecule has 7 heteroatoms. The first-order chi connectivity index (χ1) is 14.5. The van der Waals surface area contributed by atoms with Gasteiger partial charge in [-0.25, -0.2) is 4.98 Å². The molecule has 3 heterocycles. The van der Waals surface area contributed by atoms with E-state index < -0.39 is 0 Å². The summed E-state index contributed by atoms with van der Waals surface area (Å²) in [5.41, 5.74) is 3.04. The number of aromatic amines is 1. The van der Waals surface area contributed by atoms with Gasteiger partial charge < -0.3 is 15.2 Å². The summed E-state index contributed by atoms with van der Waals surface area (Å²) in [5, 5.41) is 4.21. The van der Waals surface area contributed by atoms with Gasteiger partial charge in [-0.1, -0.05) is 6.92 Å². The van der Waals surface area contributed by atoms with Crippen LogP contribution in [0.4, 0.5) is 11.4 Å². The van der Waals surface area contributed by atoms with E-state index in [1.54, 1.807) is 11.3 Å². The van der Waals surface area contributed by atoms with Gasteiger partial charge in [-0.05, 0) is 68.4 Å². The summed E-state index contributed by atoms with van der Waals surface area (Å²) in [6.07, 6.45) is 4.70. The molecule has 0 saturated carbocycles. The molecule has 1 saturated heterocycles. The molecule has 0 spiro atoms. The van der Waals surface area contributed by atoms with Crippen molar-refractivity contribution in [3.05, 3.63) is 50.9 Å². The molecule has 3 aromatic rings. The van der Waals surface area contributed by atoms with Crippen molar-refractivity contribution in [2.45, 2.75) is 52.0 Å². The number of amides is 1. The van der Waals surface area contributed by atoms with E-state index in [1.807, 2.05) is 36.1 Å². The predicted molar refractivity (Wildman–Crippen MR) is 121 cm³/mol. The van der Waals surface area contributed by atoms with Gasteiger partial charge in [-0.15, -0.1) is 11.3 Å². The highest BCUT2D eigenvalue weighted by Gasteiger charge is 2.24. The molecule has 1 fully saturated rings. The Morgan fingerprint density at radius 2 is 2.03 bits per heavy atom. The number of aryl methyl sites for hydroxylation is 1. The molecule has 30 heavy (non-hydrogen) atoms. The van der Waals surface area contributed by atoms with Gasteiger partial charge in [0.2, 0.25) is 5.91 Å². The second-order valence-corrected chi connectivity index (χ2v) is 9.63. The van der Waals surface area contributed by atoms with Gasteiger partial charge in [-0.2, -0.15) is 0 Å². The number of nitrogens with zero attached hydrogens (tertiary/aromatic N) is 2. The summed E-state index contributed by atoms with van der Waals surface area (Å²) in [6.45, 7) is 5.06. The molecule has 6 nitrogen and oxygen atoms in total. The first-order valence-corrected chi connectivity index (χ1v) is 11.5. The third kappa shape index (κ3) is 3.41. The second kappa shape index (κ2) is 7.54. The van der Waals surface area contributed by atoms with Crippen LogP contribution in [-0.4, -0.2) is 22.4 Å². The van der Waals surface area contributed by atoms with E-state index in [9.17, 15) is 9.59 Å². The minimum Gasteiger partial charge on any atom is -0.375 e. The maximum Gasteiger partial charge on any atom is 0.259 e. The Bertz CT molecular complexity index is 1160. The summed E-state index contributed by atoms with van der Waals surface area (Å²) in [5.74, 6) is 1.51. The van der Waals surface area contributed by atoms with Crippen LogP contribution in [0.2, 0.25) is 0 Å². The highest BCUT2D eigenvalue weighted by Crippen LogP contribution is 2.36. The molecule has 2 N–H and O–H groups in total. The molecule has 1 aliphatic heterocycles. The Hall–Kier alpha value is -2.67. The van der Waals surface area contributed by atoms with Crippen molar-refractivity contribution in [2.75, 3.05) is 16.8 Å². The van der Waals surface area contributed by atoms with Crippen molar-refractivity contribution in [1.82, 2.24) is 9.97 Å². The normalized spacial score (nSPS) is 19.9. The number of benzene rings is 1. The van der Waals surface area contributed by atoms with E-state index in [0.29, 0.717) is 18.2 Å². The number of H-pyrrole nitrogens is 1. The van der Waals surface area contributed by atoms with E-state index in [2.05, 4.69) is 17.2 Å². The van der Waals surface area contributed by atoms with Gasteiger partial charge in [0.25, 0.3) is 5.56 Å². The number of carbonyl (C=O) groups excluding carboxylic acids is 1. The molecule has 2 aromatic heterocycles. The van der Waals surface area contributed by atoms with Crippen molar-refractivity contribution >= 4 is 38.8 Å². The summed E-state index contributed by atoms with van der Waals surface area (Å²) in [6, 6.07) is 7.73. The average molecular weight is 423 g/mol. The minimum atomic E-state index is -0.139. The molecule has 1 aliphatic carbocycles. The van der Waals surface area contributed by atoms with Crippen LogP contribution >= 0.6 is 11.3 Å². The van der Waals surface area contributed by atoms with E-state index in [4.69, 9.17) is 4.98 Å². The number of aromatic nitrogens is 2. The Kier molecular flexibility index (Phi) is 4.85. The number of carbonyl (C=O) groups is 1. The van der Waals surface area contributed by atoms with Crippen LogP contribution in [0.5, 0.6) is 0 Å². The molecule has 2 atom stereocenters. The third-order valence-electron chi connectivity index (χ3n) is 6.23. The highest BCUT2D eigenvalue weighted by atomic mass is 32.1. The topological polar surface area (TPSA) is 78.1 Å². The van der Waals surface area contributed by atoms with Gasteiger partial charge in [0.15, 0.2) is 0 Å². The van der Waals surface area contributed by atoms with Crippen LogP contribution in [0.1, 0.15) is 55.4 Å². The van der Waals surface area contributed by atoms with E-state index >= 15 is 0 Å². The summed E-state index contributed by atoms with van der Waals surface area (Å²) >= 11 is 1.68. The molecular weight excluding hydrogens is 396 g/mol. The lowest BCUT2D eigenvalue weighted by molar-refractivity contribution is -0.117. The number of nitrogens with one attached hydrogen (secondary N) is 2. The van der Waals surface area contributed by atoms with Gasteiger partial charge in [0, 0.05) is 29.2 Å². The number of fused-ring (bicyclic) bond motifs is 3. The number of anilines is 2. The maximum absolute atomic E-state index is 12.8. The molecular formula is C23H26N4O2S. The van der Waals surface area contributed by atoms with Gasteiger partial charge >= 0.3 is 0 Å². The van der Waals surface area contributed by atoms with Crippen LogP contribution in [0, 0.1) is 5.92 Å². The number of hydrogen-bond donors (Lipinski definition) is 2. The molecule has 1 aromatic carbocycles. The number of rotatable bonds is 4. The minimum absolute atomic E-state index is 0.0291. The van der Waals surface area contributed by atoms with Crippen LogP contribution in [0.25, 0.3) is 10.2 Å². The van der Waals surface area contributed by atoms with E-state index in [0.717, 1.165) is 53.8 Å². The Labute approximate surface area is 179 Å². The van der Waals surface area contributed by atoms with Gasteiger partial charge in [0.1, 0.15) is 10.7 Å². The van der Waals surface area contributed by atoms with E-state index in [1.165, 1.54) is 10.4 Å². The first kappa shape index (κ1) is 19.3. The molecule has 156 valence electrons. The van der Waals surface area contributed by atoms with Crippen LogP contribution < -0.4 is 15.8 Å². The fourth-order valence-electron chi connectivity index (χ4n) is 4.55. The van der Waals surface area contributed by atoms with Crippen molar-refractivity contribution < 1.29 is 4.79 Å². The lowest BCUT2D eigenvalue weighted by atomic mass is 9.89. The number of thiophene rings is 1.